The van der Waals surface area contributed by atoms with Crippen molar-refractivity contribution in [3.8, 4) is 0 Å². The minimum Gasteiger partial charge on any atom is -0.462 e. The predicted octanol–water partition coefficient (Wildman–Crippen LogP) is 12.2. The fourth-order valence-corrected chi connectivity index (χ4v) is 6.49. The summed E-state index contributed by atoms with van der Waals surface area (Å²) in [6.45, 7) is 6.30. The van der Waals surface area contributed by atoms with Gasteiger partial charge in [0.2, 0.25) is 5.91 Å². The van der Waals surface area contributed by atoms with Crippen molar-refractivity contribution in [3.05, 3.63) is 36.5 Å². The summed E-state index contributed by atoms with van der Waals surface area (Å²) in [5, 5.41) is 23.5. The van der Waals surface area contributed by atoms with Gasteiger partial charge in [-0.2, -0.15) is 0 Å². The summed E-state index contributed by atoms with van der Waals surface area (Å²) in [5.74, 6) is -0.509. The van der Waals surface area contributed by atoms with Crippen LogP contribution in [0.1, 0.15) is 213 Å². The van der Waals surface area contributed by atoms with Crippen LogP contribution in [0.25, 0.3) is 0 Å². The third-order valence-electron chi connectivity index (χ3n) is 9.79. The summed E-state index contributed by atoms with van der Waals surface area (Å²) in [4.78, 5) is 25.9. The molecule has 3 atom stereocenters. The normalized spacial score (nSPS) is 13.7. The Kier molecular flexibility index (Phi) is 37.8. The Morgan fingerprint density at radius 3 is 1.59 bits per heavy atom. The second-order valence-electron chi connectivity index (χ2n) is 14.8. The fraction of sp³-hybridized carbons (Fsp3) is 0.822. The highest BCUT2D eigenvalue weighted by Crippen LogP contribution is 2.17. The molecule has 0 spiro atoms. The molecule has 0 rings (SSSR count). The standard InChI is InChI=1S/C45H83NO5/c1-4-7-10-13-16-19-22-24-27-30-33-36-41(51-45(50)38-35-32-29-26-23-20-17-14-11-8-5-2)39-44(49)46-42(40-47)43(48)37-34-31-28-25-21-18-15-12-9-6-3/h7,10,13,16,19,22,41-43,47-48H,4-6,8-9,11-12,14-15,17-18,20-21,23-40H2,1-3H3,(H,46,49)/b10-7+,16-13+,22-19-. The summed E-state index contributed by atoms with van der Waals surface area (Å²) in [6, 6.07) is -0.706. The Labute approximate surface area is 315 Å². The lowest BCUT2D eigenvalue weighted by atomic mass is 10.0. The maximum Gasteiger partial charge on any atom is 0.306 e. The van der Waals surface area contributed by atoms with Gasteiger partial charge < -0.3 is 20.3 Å². The lowest BCUT2D eigenvalue weighted by Gasteiger charge is -2.24. The lowest BCUT2D eigenvalue weighted by Crippen LogP contribution is -2.46. The molecule has 0 aliphatic carbocycles. The summed E-state index contributed by atoms with van der Waals surface area (Å²) in [6.07, 6.45) is 43.5. The van der Waals surface area contributed by atoms with Crippen LogP contribution in [-0.4, -0.2) is 46.9 Å². The molecule has 3 unspecified atom stereocenters. The average molecular weight is 718 g/mol. The van der Waals surface area contributed by atoms with Gasteiger partial charge in [-0.25, -0.2) is 0 Å². The number of unbranched alkanes of at least 4 members (excludes halogenated alkanes) is 22. The first-order valence-corrected chi connectivity index (χ1v) is 21.7. The second-order valence-corrected chi connectivity index (χ2v) is 14.8. The van der Waals surface area contributed by atoms with Crippen molar-refractivity contribution in [2.24, 2.45) is 0 Å². The molecule has 0 saturated carbocycles. The molecule has 0 aromatic rings. The van der Waals surface area contributed by atoms with Crippen LogP contribution in [0.15, 0.2) is 36.5 Å². The molecule has 0 fully saturated rings. The third kappa shape index (κ3) is 34.9. The van der Waals surface area contributed by atoms with Crippen LogP contribution in [0.2, 0.25) is 0 Å². The van der Waals surface area contributed by atoms with Gasteiger partial charge >= 0.3 is 5.97 Å². The van der Waals surface area contributed by atoms with Crippen LogP contribution in [0.5, 0.6) is 0 Å². The van der Waals surface area contributed by atoms with Crippen LogP contribution < -0.4 is 5.32 Å². The zero-order chi connectivity index (χ0) is 37.5. The molecule has 0 aromatic carbocycles. The van der Waals surface area contributed by atoms with E-state index in [0.717, 1.165) is 70.6 Å². The first kappa shape index (κ1) is 49.1. The van der Waals surface area contributed by atoms with E-state index in [4.69, 9.17) is 4.74 Å². The molecule has 51 heavy (non-hydrogen) atoms. The molecule has 0 heterocycles. The van der Waals surface area contributed by atoms with Crippen LogP contribution >= 0.6 is 0 Å². The topological polar surface area (TPSA) is 95.9 Å². The number of aliphatic hydroxyl groups excluding tert-OH is 2. The van der Waals surface area contributed by atoms with E-state index in [1.54, 1.807) is 0 Å². The summed E-state index contributed by atoms with van der Waals surface area (Å²) < 4.78 is 5.87. The molecule has 1 amide bonds. The Hall–Kier alpha value is -1.92. The minimum absolute atomic E-state index is 0.0570. The lowest BCUT2D eigenvalue weighted by molar-refractivity contribution is -0.151. The van der Waals surface area contributed by atoms with Crippen molar-refractivity contribution in [1.29, 1.82) is 0 Å². The Bertz CT molecular complexity index is 854. The van der Waals surface area contributed by atoms with Gasteiger partial charge in [-0.15, -0.1) is 0 Å². The number of carbonyl (C=O) groups excluding carboxylic acids is 2. The average Bonchev–Trinajstić information content (AvgIpc) is 3.12. The molecule has 0 saturated heterocycles. The van der Waals surface area contributed by atoms with Gasteiger partial charge in [-0.1, -0.05) is 192 Å². The predicted molar refractivity (Wildman–Crippen MR) is 218 cm³/mol. The smallest absolute Gasteiger partial charge is 0.306 e. The highest BCUT2D eigenvalue weighted by molar-refractivity contribution is 5.77. The maximum atomic E-state index is 13.1. The van der Waals surface area contributed by atoms with E-state index < -0.39 is 18.2 Å². The van der Waals surface area contributed by atoms with E-state index in [0.29, 0.717) is 19.3 Å². The van der Waals surface area contributed by atoms with Gasteiger partial charge in [0.1, 0.15) is 6.10 Å². The molecular formula is C45H83NO5. The zero-order valence-electron chi connectivity index (χ0n) is 33.7. The van der Waals surface area contributed by atoms with Crippen molar-refractivity contribution < 1.29 is 24.5 Å². The van der Waals surface area contributed by atoms with Crippen molar-refractivity contribution in [2.75, 3.05) is 6.61 Å². The van der Waals surface area contributed by atoms with E-state index in [2.05, 4.69) is 50.4 Å². The molecule has 0 bridgehead atoms. The molecule has 6 nitrogen and oxygen atoms in total. The molecule has 298 valence electrons. The summed E-state index contributed by atoms with van der Waals surface area (Å²) >= 11 is 0. The molecular weight excluding hydrogens is 634 g/mol. The third-order valence-corrected chi connectivity index (χ3v) is 9.79. The first-order chi connectivity index (χ1) is 25.0. The SMILES string of the molecule is CC/C=C/C=C/C=C\CCCCCC(CC(=O)NC(CO)C(O)CCCCCCCCCCCC)OC(=O)CCCCCCCCCCCCC. The number of nitrogens with one attached hydrogen (secondary N) is 1. The van der Waals surface area contributed by atoms with Gasteiger partial charge in [0.25, 0.3) is 0 Å². The largest absolute Gasteiger partial charge is 0.462 e. The van der Waals surface area contributed by atoms with E-state index in [9.17, 15) is 19.8 Å². The monoisotopic (exact) mass is 718 g/mol. The van der Waals surface area contributed by atoms with Crippen molar-refractivity contribution in [1.82, 2.24) is 5.32 Å². The van der Waals surface area contributed by atoms with Gasteiger partial charge in [0.15, 0.2) is 0 Å². The number of hydrogen-bond acceptors (Lipinski definition) is 5. The van der Waals surface area contributed by atoms with Gasteiger partial charge in [0, 0.05) is 6.42 Å². The Balaban J connectivity index is 4.64. The van der Waals surface area contributed by atoms with Crippen LogP contribution in [0.4, 0.5) is 0 Å². The van der Waals surface area contributed by atoms with Crippen molar-refractivity contribution in [2.45, 2.75) is 232 Å². The van der Waals surface area contributed by atoms with E-state index in [1.807, 2.05) is 12.2 Å². The number of rotatable bonds is 38. The van der Waals surface area contributed by atoms with E-state index in [1.165, 1.54) is 96.3 Å². The van der Waals surface area contributed by atoms with Crippen LogP contribution in [-0.2, 0) is 14.3 Å². The first-order valence-electron chi connectivity index (χ1n) is 21.7. The number of amides is 1. The molecule has 3 N–H and O–H groups in total. The van der Waals surface area contributed by atoms with Crippen LogP contribution in [0, 0.1) is 0 Å². The maximum absolute atomic E-state index is 13.1. The quantitative estimate of drug-likeness (QED) is 0.0336. The number of ether oxygens (including phenoxy) is 1. The minimum atomic E-state index is -0.791. The molecule has 0 aliphatic rings. The molecule has 0 radical (unpaired) electrons. The van der Waals surface area contributed by atoms with E-state index >= 15 is 0 Å². The van der Waals surface area contributed by atoms with Gasteiger partial charge in [0.05, 0.1) is 25.2 Å². The fourth-order valence-electron chi connectivity index (χ4n) is 6.49. The van der Waals surface area contributed by atoms with E-state index in [-0.39, 0.29) is 24.9 Å². The highest BCUT2D eigenvalue weighted by Gasteiger charge is 2.24. The Morgan fingerprint density at radius 2 is 1.06 bits per heavy atom. The number of aliphatic hydroxyl groups is 2. The summed E-state index contributed by atoms with van der Waals surface area (Å²) in [7, 11) is 0. The number of hydrogen-bond donors (Lipinski definition) is 3. The second kappa shape index (κ2) is 39.3. The number of esters is 1. The number of carbonyl (C=O) groups is 2. The summed E-state index contributed by atoms with van der Waals surface area (Å²) in [5.41, 5.74) is 0. The van der Waals surface area contributed by atoms with Gasteiger partial charge in [-0.05, 0) is 44.9 Å². The van der Waals surface area contributed by atoms with Gasteiger partial charge in [-0.3, -0.25) is 9.59 Å². The molecule has 0 aromatic heterocycles. The molecule has 6 heteroatoms. The van der Waals surface area contributed by atoms with Crippen molar-refractivity contribution >= 4 is 11.9 Å². The number of allylic oxidation sites excluding steroid dienone is 6. The van der Waals surface area contributed by atoms with Crippen LogP contribution in [0.3, 0.4) is 0 Å². The Morgan fingerprint density at radius 1 is 0.588 bits per heavy atom. The zero-order valence-corrected chi connectivity index (χ0v) is 33.7. The molecule has 0 aliphatic heterocycles. The highest BCUT2D eigenvalue weighted by atomic mass is 16.5. The van der Waals surface area contributed by atoms with Crippen molar-refractivity contribution in [3.63, 3.8) is 0 Å².